The molecule has 0 saturated heterocycles. The van der Waals surface area contributed by atoms with Gasteiger partial charge in [-0.2, -0.15) is 0 Å². The maximum Gasteiger partial charge on any atom is 0.105 e. The standard InChI is InChI=1S/C14H30O8/c1-17-3-5-19-7-9-21-11-13(15)14(16)12-22-10-8-20-6-4-18-2/h13-16H,3-12H2,1-2H3/t13-,14-/m0/s1. The summed E-state index contributed by atoms with van der Waals surface area (Å²) in [6.45, 7) is 3.68. The fourth-order valence-electron chi connectivity index (χ4n) is 1.35. The second-order valence-electron chi connectivity index (χ2n) is 4.49. The van der Waals surface area contributed by atoms with E-state index < -0.39 is 12.2 Å². The molecule has 0 radical (unpaired) electrons. The van der Waals surface area contributed by atoms with Crippen LogP contribution in [-0.4, -0.2) is 103 Å². The molecule has 0 aromatic carbocycles. The van der Waals surface area contributed by atoms with Gasteiger partial charge >= 0.3 is 0 Å². The van der Waals surface area contributed by atoms with Crippen LogP contribution in [0.5, 0.6) is 0 Å². The van der Waals surface area contributed by atoms with E-state index in [9.17, 15) is 10.2 Å². The van der Waals surface area contributed by atoms with Crippen LogP contribution in [0, 0.1) is 0 Å². The van der Waals surface area contributed by atoms with Crippen LogP contribution in [0.4, 0.5) is 0 Å². The summed E-state index contributed by atoms with van der Waals surface area (Å²) in [5.41, 5.74) is 0. The highest BCUT2D eigenvalue weighted by molar-refractivity contribution is 4.65. The Hall–Kier alpha value is -0.320. The minimum Gasteiger partial charge on any atom is -0.388 e. The van der Waals surface area contributed by atoms with Crippen molar-refractivity contribution in [2.75, 3.05) is 80.3 Å². The van der Waals surface area contributed by atoms with Gasteiger partial charge in [-0.05, 0) is 0 Å². The summed E-state index contributed by atoms with van der Waals surface area (Å²) in [7, 11) is 3.21. The fourth-order valence-corrected chi connectivity index (χ4v) is 1.35. The first-order valence-electron chi connectivity index (χ1n) is 7.37. The van der Waals surface area contributed by atoms with E-state index in [4.69, 9.17) is 28.4 Å². The van der Waals surface area contributed by atoms with Crippen molar-refractivity contribution in [3.63, 3.8) is 0 Å². The molecule has 134 valence electrons. The summed E-state index contributed by atoms with van der Waals surface area (Å²) < 4.78 is 30.4. The van der Waals surface area contributed by atoms with Gasteiger partial charge in [-0.25, -0.2) is 0 Å². The predicted octanol–water partition coefficient (Wildman–Crippen LogP) is -0.933. The van der Waals surface area contributed by atoms with Gasteiger partial charge in [-0.15, -0.1) is 0 Å². The van der Waals surface area contributed by atoms with Crippen molar-refractivity contribution >= 4 is 0 Å². The molecule has 0 aromatic rings. The summed E-state index contributed by atoms with van der Waals surface area (Å²) in [5, 5.41) is 19.3. The smallest absolute Gasteiger partial charge is 0.105 e. The molecule has 0 fully saturated rings. The lowest BCUT2D eigenvalue weighted by molar-refractivity contribution is -0.0818. The van der Waals surface area contributed by atoms with Crippen LogP contribution in [-0.2, 0) is 28.4 Å². The van der Waals surface area contributed by atoms with E-state index in [2.05, 4.69) is 0 Å². The Morgan fingerprint density at radius 2 is 0.864 bits per heavy atom. The topological polar surface area (TPSA) is 95.8 Å². The van der Waals surface area contributed by atoms with Crippen molar-refractivity contribution < 1.29 is 38.6 Å². The van der Waals surface area contributed by atoms with E-state index in [0.717, 1.165) is 0 Å². The van der Waals surface area contributed by atoms with Gasteiger partial charge in [0.2, 0.25) is 0 Å². The summed E-state index contributed by atoms with van der Waals surface area (Å²) in [5.74, 6) is 0. The van der Waals surface area contributed by atoms with Crippen molar-refractivity contribution in [3.05, 3.63) is 0 Å². The van der Waals surface area contributed by atoms with E-state index in [-0.39, 0.29) is 13.2 Å². The van der Waals surface area contributed by atoms with Crippen LogP contribution in [0.15, 0.2) is 0 Å². The normalized spacial score (nSPS) is 14.2. The maximum atomic E-state index is 9.67. The Kier molecular flexibility index (Phi) is 16.8. The molecule has 0 aliphatic rings. The molecule has 0 spiro atoms. The van der Waals surface area contributed by atoms with E-state index in [1.807, 2.05) is 0 Å². The van der Waals surface area contributed by atoms with Gasteiger partial charge in [-0.3, -0.25) is 0 Å². The molecule has 0 rings (SSSR count). The highest BCUT2D eigenvalue weighted by atomic mass is 16.6. The molecule has 0 aliphatic heterocycles. The summed E-state index contributed by atoms with van der Waals surface area (Å²) in [6.07, 6.45) is -1.98. The first kappa shape index (κ1) is 21.7. The molecule has 2 N–H and O–H groups in total. The number of hydrogen-bond acceptors (Lipinski definition) is 8. The first-order chi connectivity index (χ1) is 10.7. The molecular formula is C14H30O8. The third-order valence-electron chi connectivity index (χ3n) is 2.63. The number of methoxy groups -OCH3 is 2. The van der Waals surface area contributed by atoms with Crippen molar-refractivity contribution in [3.8, 4) is 0 Å². The zero-order chi connectivity index (χ0) is 16.5. The highest BCUT2D eigenvalue weighted by Crippen LogP contribution is 1.96. The molecule has 0 saturated carbocycles. The third-order valence-corrected chi connectivity index (χ3v) is 2.63. The zero-order valence-electron chi connectivity index (χ0n) is 13.6. The SMILES string of the molecule is COCCOCCOC[C@H](O)[C@@H](O)COCCOCCOC. The van der Waals surface area contributed by atoms with Crippen molar-refractivity contribution in [1.29, 1.82) is 0 Å². The van der Waals surface area contributed by atoms with Gasteiger partial charge < -0.3 is 38.6 Å². The van der Waals surface area contributed by atoms with E-state index in [0.29, 0.717) is 52.9 Å². The average Bonchev–Trinajstić information content (AvgIpc) is 2.52. The van der Waals surface area contributed by atoms with Gasteiger partial charge in [0.05, 0.1) is 66.1 Å². The Morgan fingerprint density at radius 3 is 1.23 bits per heavy atom. The Balaban J connectivity index is 3.33. The number of hydrogen-bond donors (Lipinski definition) is 2. The first-order valence-corrected chi connectivity index (χ1v) is 7.37. The molecule has 0 aliphatic carbocycles. The molecule has 0 heterocycles. The summed E-state index contributed by atoms with van der Waals surface area (Å²) in [4.78, 5) is 0. The second kappa shape index (κ2) is 17.0. The van der Waals surface area contributed by atoms with Gasteiger partial charge in [0, 0.05) is 14.2 Å². The molecule has 2 atom stereocenters. The predicted molar refractivity (Wildman–Crippen MR) is 79.0 cm³/mol. The van der Waals surface area contributed by atoms with Gasteiger partial charge in [0.25, 0.3) is 0 Å². The third kappa shape index (κ3) is 14.6. The minimum atomic E-state index is -0.992. The lowest BCUT2D eigenvalue weighted by Gasteiger charge is -2.18. The molecule has 0 unspecified atom stereocenters. The van der Waals surface area contributed by atoms with Gasteiger partial charge in [0.15, 0.2) is 0 Å². The van der Waals surface area contributed by atoms with E-state index in [1.165, 1.54) is 0 Å². The van der Waals surface area contributed by atoms with Crippen LogP contribution < -0.4 is 0 Å². The quantitative estimate of drug-likeness (QED) is 0.331. The summed E-state index contributed by atoms with van der Waals surface area (Å²) in [6, 6.07) is 0. The minimum absolute atomic E-state index is 0.0303. The molecule has 0 aromatic heterocycles. The van der Waals surface area contributed by atoms with Crippen molar-refractivity contribution in [2.24, 2.45) is 0 Å². The molecule has 0 amide bonds. The van der Waals surface area contributed by atoms with Crippen LogP contribution in [0.1, 0.15) is 0 Å². The monoisotopic (exact) mass is 326 g/mol. The van der Waals surface area contributed by atoms with Crippen molar-refractivity contribution in [1.82, 2.24) is 0 Å². The molecule has 8 heteroatoms. The van der Waals surface area contributed by atoms with E-state index >= 15 is 0 Å². The maximum absolute atomic E-state index is 9.67. The average molecular weight is 326 g/mol. The summed E-state index contributed by atoms with van der Waals surface area (Å²) >= 11 is 0. The zero-order valence-corrected chi connectivity index (χ0v) is 13.6. The van der Waals surface area contributed by atoms with Crippen LogP contribution in [0.2, 0.25) is 0 Å². The van der Waals surface area contributed by atoms with Crippen molar-refractivity contribution in [2.45, 2.75) is 12.2 Å². The van der Waals surface area contributed by atoms with E-state index in [1.54, 1.807) is 14.2 Å². The number of ether oxygens (including phenoxy) is 6. The Labute approximate surface area is 132 Å². The second-order valence-corrected chi connectivity index (χ2v) is 4.49. The Morgan fingerprint density at radius 1 is 0.545 bits per heavy atom. The van der Waals surface area contributed by atoms with Gasteiger partial charge in [0.1, 0.15) is 12.2 Å². The largest absolute Gasteiger partial charge is 0.388 e. The highest BCUT2D eigenvalue weighted by Gasteiger charge is 2.16. The lowest BCUT2D eigenvalue weighted by atomic mass is 10.2. The molecule has 8 nitrogen and oxygen atoms in total. The number of aliphatic hydroxyl groups is 2. The molecule has 22 heavy (non-hydrogen) atoms. The van der Waals surface area contributed by atoms with Gasteiger partial charge in [-0.1, -0.05) is 0 Å². The molecular weight excluding hydrogens is 296 g/mol. The molecule has 0 bridgehead atoms. The van der Waals surface area contributed by atoms with Crippen LogP contribution in [0.3, 0.4) is 0 Å². The van der Waals surface area contributed by atoms with Crippen LogP contribution >= 0.6 is 0 Å². The number of aliphatic hydroxyl groups excluding tert-OH is 2. The van der Waals surface area contributed by atoms with Crippen LogP contribution in [0.25, 0.3) is 0 Å². The Bertz CT molecular complexity index is 195. The fraction of sp³-hybridized carbons (Fsp3) is 1.00. The lowest BCUT2D eigenvalue weighted by Crippen LogP contribution is -2.35. The number of rotatable bonds is 17.